The molecule has 4 heteroatoms. The molecule has 1 aliphatic heterocycles. The van der Waals surface area contributed by atoms with Crippen LogP contribution in [0.25, 0.3) is 0 Å². The summed E-state index contributed by atoms with van der Waals surface area (Å²) in [5.41, 5.74) is 3.86. The first kappa shape index (κ1) is 17.8. The van der Waals surface area contributed by atoms with Gasteiger partial charge in [-0.25, -0.2) is 0 Å². The maximum atomic E-state index is 11.6. The van der Waals surface area contributed by atoms with E-state index < -0.39 is 8.22 Å². The molecule has 1 atom stereocenters. The van der Waals surface area contributed by atoms with Gasteiger partial charge in [-0.05, 0) is 29.8 Å². The highest BCUT2D eigenvalue weighted by molar-refractivity contribution is 7.61. The van der Waals surface area contributed by atoms with Crippen LogP contribution in [0.15, 0.2) is 91.0 Å². The van der Waals surface area contributed by atoms with Crippen molar-refractivity contribution >= 4 is 25.9 Å². The van der Waals surface area contributed by atoms with Crippen LogP contribution in [-0.2, 0) is 4.79 Å². The molecule has 0 amide bonds. The van der Waals surface area contributed by atoms with Crippen LogP contribution in [0, 0.1) is 0 Å². The van der Waals surface area contributed by atoms with Crippen molar-refractivity contribution in [3.05, 3.63) is 96.6 Å². The molecular formula is C23H23N2OP. The lowest BCUT2D eigenvalue weighted by Gasteiger charge is -2.37. The molecule has 1 saturated heterocycles. The van der Waals surface area contributed by atoms with Gasteiger partial charge >= 0.3 is 0 Å². The van der Waals surface area contributed by atoms with Gasteiger partial charge in [0.25, 0.3) is 0 Å². The first-order valence-corrected chi connectivity index (χ1v) is 10.6. The Morgan fingerprint density at radius 3 is 1.63 bits per heavy atom. The summed E-state index contributed by atoms with van der Waals surface area (Å²) >= 11 is 0. The van der Waals surface area contributed by atoms with Crippen molar-refractivity contribution in [1.82, 2.24) is 0 Å². The minimum atomic E-state index is -0.735. The number of hydrogen-bond donors (Lipinski definition) is 0. The van der Waals surface area contributed by atoms with Crippen molar-refractivity contribution in [2.45, 2.75) is 12.1 Å². The molecule has 136 valence electrons. The molecule has 1 aliphatic rings. The molecule has 0 bridgehead atoms. The molecule has 0 N–H and O–H groups in total. The molecule has 0 aliphatic carbocycles. The Morgan fingerprint density at radius 1 is 0.741 bits per heavy atom. The van der Waals surface area contributed by atoms with Crippen LogP contribution in [0.5, 0.6) is 0 Å². The molecule has 3 aromatic rings. The van der Waals surface area contributed by atoms with Crippen molar-refractivity contribution in [2.75, 3.05) is 22.4 Å². The van der Waals surface area contributed by atoms with Gasteiger partial charge in [-0.3, -0.25) is 0 Å². The fraction of sp³-hybridized carbons (Fsp3) is 0.174. The van der Waals surface area contributed by atoms with E-state index in [2.05, 4.69) is 94.3 Å². The largest absolute Gasteiger partial charge is 0.331 e. The van der Waals surface area contributed by atoms with Crippen LogP contribution >= 0.6 is 8.22 Å². The standard InChI is InChI=1S/C23H23N2OP/c26-19-16-23(20-10-4-1-5-11-20)27-24(21-12-6-2-7-13-21)17-18-25(27)22-14-8-3-9-15-22/h1-15,19,23H,16-18H2. The van der Waals surface area contributed by atoms with Crippen molar-refractivity contribution in [2.24, 2.45) is 0 Å². The molecule has 1 heterocycles. The zero-order chi connectivity index (χ0) is 18.5. The summed E-state index contributed by atoms with van der Waals surface area (Å²) in [5.74, 6) is 0. The molecule has 0 aromatic heterocycles. The summed E-state index contributed by atoms with van der Waals surface area (Å²) in [6, 6.07) is 31.6. The summed E-state index contributed by atoms with van der Waals surface area (Å²) in [6.45, 7) is 1.93. The highest BCUT2D eigenvalue weighted by Crippen LogP contribution is 2.63. The maximum absolute atomic E-state index is 11.6. The minimum Gasteiger partial charge on any atom is -0.331 e. The van der Waals surface area contributed by atoms with Gasteiger partial charge in [0, 0.05) is 36.5 Å². The van der Waals surface area contributed by atoms with Gasteiger partial charge in [-0.15, -0.1) is 0 Å². The SMILES string of the molecule is O=CCC(c1ccccc1)P1N(c2ccccc2)CCN1c1ccccc1. The zero-order valence-corrected chi connectivity index (χ0v) is 16.1. The third kappa shape index (κ3) is 3.74. The van der Waals surface area contributed by atoms with Gasteiger partial charge in [-0.2, -0.15) is 0 Å². The van der Waals surface area contributed by atoms with Gasteiger partial charge in [-0.1, -0.05) is 66.7 Å². The normalized spacial score (nSPS) is 15.7. The molecule has 27 heavy (non-hydrogen) atoms. The van der Waals surface area contributed by atoms with Crippen molar-refractivity contribution < 1.29 is 4.79 Å². The average molecular weight is 374 g/mol. The lowest BCUT2D eigenvalue weighted by atomic mass is 10.1. The van der Waals surface area contributed by atoms with Gasteiger partial charge < -0.3 is 14.1 Å². The van der Waals surface area contributed by atoms with Crippen molar-refractivity contribution in [3.63, 3.8) is 0 Å². The average Bonchev–Trinajstić information content (AvgIpc) is 3.18. The number of benzene rings is 3. The molecule has 4 rings (SSSR count). The molecule has 1 fully saturated rings. The molecule has 0 saturated carbocycles. The van der Waals surface area contributed by atoms with Crippen LogP contribution in [0.2, 0.25) is 0 Å². The van der Waals surface area contributed by atoms with Crippen molar-refractivity contribution in [1.29, 1.82) is 0 Å². The van der Waals surface area contributed by atoms with Gasteiger partial charge in [0.1, 0.15) is 14.5 Å². The Kier molecular flexibility index (Phi) is 5.50. The van der Waals surface area contributed by atoms with Crippen molar-refractivity contribution in [3.8, 4) is 0 Å². The zero-order valence-electron chi connectivity index (χ0n) is 15.2. The fourth-order valence-electron chi connectivity index (χ4n) is 3.69. The summed E-state index contributed by atoms with van der Waals surface area (Å²) in [6.07, 6.45) is 1.60. The van der Waals surface area contributed by atoms with E-state index in [1.807, 2.05) is 6.07 Å². The Bertz CT molecular complexity index is 810. The van der Waals surface area contributed by atoms with Crippen LogP contribution in [0.3, 0.4) is 0 Å². The molecule has 3 aromatic carbocycles. The van der Waals surface area contributed by atoms with E-state index in [9.17, 15) is 4.79 Å². The first-order chi connectivity index (χ1) is 13.4. The summed E-state index contributed by atoms with van der Waals surface area (Å²) < 4.78 is 5.01. The van der Waals surface area contributed by atoms with E-state index in [0.29, 0.717) is 6.42 Å². The van der Waals surface area contributed by atoms with E-state index in [1.54, 1.807) is 0 Å². The maximum Gasteiger partial charge on any atom is 0.121 e. The van der Waals surface area contributed by atoms with E-state index in [4.69, 9.17) is 0 Å². The van der Waals surface area contributed by atoms with E-state index >= 15 is 0 Å². The topological polar surface area (TPSA) is 23.6 Å². The second-order valence-electron chi connectivity index (χ2n) is 6.57. The highest BCUT2D eigenvalue weighted by Gasteiger charge is 2.39. The summed E-state index contributed by atoms with van der Waals surface area (Å²) in [7, 11) is -0.735. The Hall–Kier alpha value is -2.64. The van der Waals surface area contributed by atoms with E-state index in [-0.39, 0.29) is 5.66 Å². The predicted molar refractivity (Wildman–Crippen MR) is 114 cm³/mol. The summed E-state index contributed by atoms with van der Waals surface area (Å²) in [5, 5.41) is 0. The monoisotopic (exact) mass is 374 g/mol. The minimum absolute atomic E-state index is 0.168. The molecule has 1 unspecified atom stereocenters. The Labute approximate surface area is 162 Å². The number of aldehydes is 1. The van der Waals surface area contributed by atoms with Crippen LogP contribution in [-0.4, -0.2) is 19.4 Å². The second kappa shape index (κ2) is 8.37. The number of nitrogens with zero attached hydrogens (tertiary/aromatic N) is 2. The van der Waals surface area contributed by atoms with Crippen LogP contribution in [0.4, 0.5) is 11.4 Å². The van der Waals surface area contributed by atoms with E-state index in [0.717, 1.165) is 19.4 Å². The quantitative estimate of drug-likeness (QED) is 0.411. The predicted octanol–water partition coefficient (Wildman–Crippen LogP) is 5.66. The molecule has 3 nitrogen and oxygen atoms in total. The third-order valence-corrected chi connectivity index (χ3v) is 7.83. The summed E-state index contributed by atoms with van der Waals surface area (Å²) in [4.78, 5) is 11.6. The van der Waals surface area contributed by atoms with Gasteiger partial charge in [0.2, 0.25) is 0 Å². The van der Waals surface area contributed by atoms with E-state index in [1.165, 1.54) is 16.9 Å². The Morgan fingerprint density at radius 2 is 1.19 bits per heavy atom. The number of hydrogen-bond acceptors (Lipinski definition) is 3. The highest BCUT2D eigenvalue weighted by atomic mass is 31.1. The smallest absolute Gasteiger partial charge is 0.121 e. The lowest BCUT2D eigenvalue weighted by Crippen LogP contribution is -2.20. The number of anilines is 2. The number of carbonyl (C=O) groups excluding carboxylic acids is 1. The molecule has 0 radical (unpaired) electrons. The van der Waals surface area contributed by atoms with Gasteiger partial charge in [0.15, 0.2) is 0 Å². The van der Waals surface area contributed by atoms with Gasteiger partial charge in [0.05, 0.1) is 0 Å². The number of para-hydroxylation sites is 2. The second-order valence-corrected chi connectivity index (χ2v) is 8.80. The molecular weight excluding hydrogens is 351 g/mol. The fourth-order valence-corrected chi connectivity index (χ4v) is 6.66. The molecule has 0 spiro atoms. The number of rotatable bonds is 6. The van der Waals surface area contributed by atoms with Crippen LogP contribution < -0.4 is 9.34 Å². The third-order valence-electron chi connectivity index (χ3n) is 4.91. The first-order valence-electron chi connectivity index (χ1n) is 9.31. The van der Waals surface area contributed by atoms with Crippen LogP contribution in [0.1, 0.15) is 17.6 Å². The number of carbonyl (C=O) groups is 1. The lowest BCUT2D eigenvalue weighted by molar-refractivity contribution is -0.107. The Balaban J connectivity index is 1.78.